The molecule has 0 spiro atoms. The molecule has 0 aromatic heterocycles. The smallest absolute Gasteiger partial charge is 0.264 e. The number of nitrogens with zero attached hydrogens (tertiary/aromatic N) is 1. The minimum atomic E-state index is -3.96. The maximum atomic E-state index is 13.8. The summed E-state index contributed by atoms with van der Waals surface area (Å²) >= 11 is 0. The molecule has 7 heteroatoms. The molecule has 190 valence electrons. The second-order valence-corrected chi connectivity index (χ2v) is 10.6. The fourth-order valence-electron chi connectivity index (χ4n) is 3.90. The number of ether oxygens (including phenoxy) is 1. The van der Waals surface area contributed by atoms with E-state index in [4.69, 9.17) is 4.74 Å². The van der Waals surface area contributed by atoms with Gasteiger partial charge in [0.05, 0.1) is 29.2 Å². The van der Waals surface area contributed by atoms with Crippen molar-refractivity contribution in [2.24, 2.45) is 0 Å². The molecule has 6 nitrogen and oxygen atoms in total. The summed E-state index contributed by atoms with van der Waals surface area (Å²) in [7, 11) is -3.96. The summed E-state index contributed by atoms with van der Waals surface area (Å²) in [5.74, 6) is 0.355. The largest absolute Gasteiger partial charge is 0.492 e. The molecule has 0 fully saturated rings. The Kier molecular flexibility index (Phi) is 8.25. The molecule has 0 aliphatic heterocycles. The highest BCUT2D eigenvalue weighted by molar-refractivity contribution is 7.92. The van der Waals surface area contributed by atoms with Gasteiger partial charge in [-0.1, -0.05) is 72.3 Å². The molecule has 0 atom stereocenters. The van der Waals surface area contributed by atoms with E-state index >= 15 is 0 Å². The van der Waals surface area contributed by atoms with Gasteiger partial charge in [0.25, 0.3) is 15.9 Å². The third-order valence-electron chi connectivity index (χ3n) is 5.84. The predicted molar refractivity (Wildman–Crippen MR) is 146 cm³/mol. The average molecular weight is 515 g/mol. The van der Waals surface area contributed by atoms with Crippen molar-refractivity contribution in [3.8, 4) is 5.75 Å². The maximum absolute atomic E-state index is 13.8. The Morgan fingerprint density at radius 1 is 0.811 bits per heavy atom. The molecule has 37 heavy (non-hydrogen) atoms. The van der Waals surface area contributed by atoms with Gasteiger partial charge in [-0.05, 0) is 61.4 Å². The molecule has 0 aliphatic carbocycles. The Hall–Kier alpha value is -4.10. The third-order valence-corrected chi connectivity index (χ3v) is 7.62. The van der Waals surface area contributed by atoms with Crippen LogP contribution in [-0.4, -0.2) is 27.5 Å². The van der Waals surface area contributed by atoms with Gasteiger partial charge < -0.3 is 10.1 Å². The number of benzene rings is 4. The molecule has 0 radical (unpaired) electrons. The first kappa shape index (κ1) is 26.0. The molecule has 0 bridgehead atoms. The Morgan fingerprint density at radius 2 is 1.51 bits per heavy atom. The molecular weight excluding hydrogens is 484 g/mol. The van der Waals surface area contributed by atoms with Gasteiger partial charge in [0.15, 0.2) is 0 Å². The van der Waals surface area contributed by atoms with Crippen LogP contribution in [0.3, 0.4) is 0 Å². The highest BCUT2D eigenvalue weighted by atomic mass is 32.2. The van der Waals surface area contributed by atoms with Crippen molar-refractivity contribution in [3.63, 3.8) is 0 Å². The normalized spacial score (nSPS) is 11.1. The number of nitrogens with one attached hydrogen (secondary N) is 1. The van der Waals surface area contributed by atoms with E-state index in [0.29, 0.717) is 5.69 Å². The van der Waals surface area contributed by atoms with Crippen LogP contribution in [0.15, 0.2) is 108 Å². The van der Waals surface area contributed by atoms with Gasteiger partial charge >= 0.3 is 0 Å². The lowest BCUT2D eigenvalue weighted by atomic mass is 10.1. The van der Waals surface area contributed by atoms with Gasteiger partial charge in [-0.15, -0.1) is 0 Å². The van der Waals surface area contributed by atoms with Crippen molar-refractivity contribution in [1.82, 2.24) is 5.32 Å². The van der Waals surface area contributed by atoms with Crippen molar-refractivity contribution in [2.75, 3.05) is 17.5 Å². The lowest BCUT2D eigenvalue weighted by Crippen LogP contribution is -2.34. The lowest BCUT2D eigenvalue weighted by molar-refractivity contribution is 0.0947. The molecule has 0 saturated heterocycles. The molecule has 1 N–H and O–H groups in total. The molecule has 4 rings (SSSR count). The molecule has 4 aromatic rings. The molecule has 0 aliphatic rings. The number of rotatable bonds is 10. The van der Waals surface area contributed by atoms with Gasteiger partial charge in [-0.3, -0.25) is 9.10 Å². The van der Waals surface area contributed by atoms with E-state index in [0.717, 1.165) is 22.4 Å². The quantitative estimate of drug-likeness (QED) is 0.283. The average Bonchev–Trinajstić information content (AvgIpc) is 2.90. The number of carbonyl (C=O) groups is 1. The van der Waals surface area contributed by atoms with Gasteiger partial charge in [0.2, 0.25) is 0 Å². The SMILES string of the molecule is Cc1ccc(S(=O)(=O)N(Cc2ccccc2)c2ccccc2C(=O)NCCOc2cccc(C)c2)cc1. The van der Waals surface area contributed by atoms with Crippen LogP contribution in [0, 0.1) is 13.8 Å². The Bertz CT molecular complexity index is 1450. The van der Waals surface area contributed by atoms with Crippen LogP contribution in [-0.2, 0) is 16.6 Å². The number of anilines is 1. The number of amides is 1. The van der Waals surface area contributed by atoms with Crippen LogP contribution in [0.4, 0.5) is 5.69 Å². The summed E-state index contributed by atoms with van der Waals surface area (Å²) in [6.07, 6.45) is 0. The minimum Gasteiger partial charge on any atom is -0.492 e. The standard InChI is InChI=1S/C30H30N2O4S/c1-23-15-17-27(18-16-23)37(34,35)32(22-25-10-4-3-5-11-25)29-14-7-6-13-28(29)30(33)31-19-20-36-26-12-8-9-24(2)21-26/h3-18,21H,19-20,22H2,1-2H3,(H,31,33). The highest BCUT2D eigenvalue weighted by Crippen LogP contribution is 2.29. The zero-order valence-corrected chi connectivity index (χ0v) is 21.7. The fourth-order valence-corrected chi connectivity index (χ4v) is 5.37. The van der Waals surface area contributed by atoms with Crippen LogP contribution in [0.25, 0.3) is 0 Å². The van der Waals surface area contributed by atoms with E-state index < -0.39 is 10.0 Å². The second-order valence-electron chi connectivity index (χ2n) is 8.75. The first-order valence-corrected chi connectivity index (χ1v) is 13.5. The maximum Gasteiger partial charge on any atom is 0.264 e. The van der Waals surface area contributed by atoms with Crippen molar-refractivity contribution in [3.05, 3.63) is 125 Å². The first-order chi connectivity index (χ1) is 17.8. The van der Waals surface area contributed by atoms with Crippen LogP contribution >= 0.6 is 0 Å². The van der Waals surface area contributed by atoms with Gasteiger partial charge in [-0.2, -0.15) is 0 Å². The fraction of sp³-hybridized carbons (Fsp3) is 0.167. The molecule has 4 aromatic carbocycles. The Labute approximate surface area is 218 Å². The second kappa shape index (κ2) is 11.8. The van der Waals surface area contributed by atoms with Gasteiger partial charge in [0.1, 0.15) is 12.4 Å². The number of hydrogen-bond acceptors (Lipinski definition) is 4. The summed E-state index contributed by atoms with van der Waals surface area (Å²) in [6, 6.07) is 30.5. The van der Waals surface area contributed by atoms with E-state index in [2.05, 4.69) is 5.32 Å². The number of para-hydroxylation sites is 1. The Morgan fingerprint density at radius 3 is 2.24 bits per heavy atom. The van der Waals surface area contributed by atoms with E-state index in [9.17, 15) is 13.2 Å². The van der Waals surface area contributed by atoms with Crippen molar-refractivity contribution < 1.29 is 17.9 Å². The van der Waals surface area contributed by atoms with E-state index in [-0.39, 0.29) is 36.1 Å². The van der Waals surface area contributed by atoms with Crippen LogP contribution in [0.1, 0.15) is 27.0 Å². The van der Waals surface area contributed by atoms with Gasteiger partial charge in [-0.25, -0.2) is 8.42 Å². The zero-order chi connectivity index (χ0) is 26.3. The number of carbonyl (C=O) groups excluding carboxylic acids is 1. The van der Waals surface area contributed by atoms with Gasteiger partial charge in [0, 0.05) is 0 Å². The highest BCUT2D eigenvalue weighted by Gasteiger charge is 2.28. The number of sulfonamides is 1. The number of aryl methyl sites for hydroxylation is 2. The van der Waals surface area contributed by atoms with E-state index in [1.165, 1.54) is 4.31 Å². The van der Waals surface area contributed by atoms with Crippen LogP contribution in [0.5, 0.6) is 5.75 Å². The van der Waals surface area contributed by atoms with Crippen LogP contribution < -0.4 is 14.4 Å². The molecular formula is C30H30N2O4S. The van der Waals surface area contributed by atoms with Crippen LogP contribution in [0.2, 0.25) is 0 Å². The summed E-state index contributed by atoms with van der Waals surface area (Å²) in [4.78, 5) is 13.4. The first-order valence-electron chi connectivity index (χ1n) is 12.0. The van der Waals surface area contributed by atoms with E-state index in [1.807, 2.05) is 68.4 Å². The summed E-state index contributed by atoms with van der Waals surface area (Å²) in [5.41, 5.74) is 3.43. The molecule has 0 unspecified atom stereocenters. The van der Waals surface area contributed by atoms with E-state index in [1.54, 1.807) is 48.5 Å². The molecule has 0 heterocycles. The summed E-state index contributed by atoms with van der Waals surface area (Å²) in [6.45, 7) is 4.52. The molecule has 0 saturated carbocycles. The summed E-state index contributed by atoms with van der Waals surface area (Å²) in [5, 5.41) is 2.86. The monoisotopic (exact) mass is 514 g/mol. The van der Waals surface area contributed by atoms with Crippen molar-refractivity contribution in [2.45, 2.75) is 25.3 Å². The van der Waals surface area contributed by atoms with Crippen molar-refractivity contribution >= 4 is 21.6 Å². The zero-order valence-electron chi connectivity index (χ0n) is 20.9. The predicted octanol–water partition coefficient (Wildman–Crippen LogP) is 5.51. The van der Waals surface area contributed by atoms with Crippen molar-refractivity contribution in [1.29, 1.82) is 0 Å². The number of hydrogen-bond donors (Lipinski definition) is 1. The topological polar surface area (TPSA) is 75.7 Å². The Balaban J connectivity index is 1.59. The third kappa shape index (κ3) is 6.57. The minimum absolute atomic E-state index is 0.0812. The molecule has 1 amide bonds. The lowest BCUT2D eigenvalue weighted by Gasteiger charge is -2.26. The summed E-state index contributed by atoms with van der Waals surface area (Å²) < 4.78 is 34.7.